The molecule has 0 fully saturated rings. The lowest BCUT2D eigenvalue weighted by atomic mass is 9.99. The van der Waals surface area contributed by atoms with Crippen molar-refractivity contribution >= 4 is 0 Å². The lowest BCUT2D eigenvalue weighted by molar-refractivity contribution is 0.475. The van der Waals surface area contributed by atoms with E-state index in [4.69, 9.17) is 9.97 Å². The number of phenols is 2. The molecule has 1 heterocycles. The van der Waals surface area contributed by atoms with Crippen molar-refractivity contribution in [2.24, 2.45) is 0 Å². The zero-order valence-electron chi connectivity index (χ0n) is 35.0. The van der Waals surface area contributed by atoms with Gasteiger partial charge in [-0.1, -0.05) is 194 Å². The van der Waals surface area contributed by atoms with Gasteiger partial charge in [0.2, 0.25) is 0 Å². The minimum Gasteiger partial charge on any atom is -0.508 e. The fourth-order valence-electron chi connectivity index (χ4n) is 7.88. The Balaban J connectivity index is 1.48. The average molecular weight is 741 g/mol. The van der Waals surface area contributed by atoms with Crippen molar-refractivity contribution in [3.05, 3.63) is 59.9 Å². The molecular weight excluding hydrogens is 661 g/mol. The van der Waals surface area contributed by atoms with Crippen molar-refractivity contribution in [3.8, 4) is 34.0 Å². The third-order valence-electron chi connectivity index (χ3n) is 11.4. The summed E-state index contributed by atoms with van der Waals surface area (Å²) in [5.74, 6) is 0.545. The molecule has 0 bridgehead atoms. The molecule has 2 aromatic carbocycles. The number of aromatic nitrogens is 2. The highest BCUT2D eigenvalue weighted by atomic mass is 16.3. The van der Waals surface area contributed by atoms with Crippen molar-refractivity contribution < 1.29 is 10.2 Å². The Hall–Kier alpha value is -2.88. The normalized spacial score (nSPS) is 11.4. The van der Waals surface area contributed by atoms with E-state index >= 15 is 0 Å². The van der Waals surface area contributed by atoms with Crippen LogP contribution in [0.2, 0.25) is 0 Å². The standard InChI is InChI=1S/C50H80N2O2/c1-3-5-7-9-11-13-15-17-19-21-23-25-27-29-31-33-47-49(43-35-39-45(53)40-36-43)52-48(50(51-47)44-37-41-46(54)42-38-44)34-32-30-28-26-24-22-20-18-16-14-12-10-8-6-4-2/h35-42,53-54H,3-34H2,1-2H3. The SMILES string of the molecule is CCCCCCCCCCCCCCCCCc1nc(-c2ccc(O)cc2)c(CCCCCCCCCCCCCCCCC)nc1-c1ccc(O)cc1. The molecule has 0 spiro atoms. The van der Waals surface area contributed by atoms with Crippen LogP contribution in [0.4, 0.5) is 0 Å². The molecule has 0 aliphatic heterocycles. The fourth-order valence-corrected chi connectivity index (χ4v) is 7.88. The number of hydrogen-bond donors (Lipinski definition) is 2. The van der Waals surface area contributed by atoms with E-state index in [1.54, 1.807) is 24.3 Å². The first-order chi connectivity index (χ1) is 26.6. The molecule has 0 aliphatic rings. The van der Waals surface area contributed by atoms with Crippen LogP contribution in [0.25, 0.3) is 22.5 Å². The van der Waals surface area contributed by atoms with Gasteiger partial charge in [-0.25, -0.2) is 9.97 Å². The van der Waals surface area contributed by atoms with Gasteiger partial charge >= 0.3 is 0 Å². The Morgan fingerprint density at radius 3 is 0.778 bits per heavy atom. The Bertz CT molecular complexity index is 1220. The molecule has 0 unspecified atom stereocenters. The number of aromatic hydroxyl groups is 2. The quantitative estimate of drug-likeness (QED) is 0.0598. The van der Waals surface area contributed by atoms with Gasteiger partial charge in [0.05, 0.1) is 22.8 Å². The van der Waals surface area contributed by atoms with E-state index < -0.39 is 0 Å². The zero-order valence-corrected chi connectivity index (χ0v) is 35.0. The van der Waals surface area contributed by atoms with Crippen LogP contribution in [-0.2, 0) is 12.8 Å². The first-order valence-corrected chi connectivity index (χ1v) is 23.1. The van der Waals surface area contributed by atoms with Gasteiger partial charge in [0.1, 0.15) is 11.5 Å². The molecule has 302 valence electrons. The van der Waals surface area contributed by atoms with Crippen LogP contribution in [0.15, 0.2) is 48.5 Å². The maximum Gasteiger partial charge on any atom is 0.115 e. The topological polar surface area (TPSA) is 66.2 Å². The number of rotatable bonds is 34. The second-order valence-corrected chi connectivity index (χ2v) is 16.3. The minimum absolute atomic E-state index is 0.273. The minimum atomic E-state index is 0.273. The van der Waals surface area contributed by atoms with Gasteiger partial charge in [0, 0.05) is 11.1 Å². The molecule has 1 aromatic heterocycles. The summed E-state index contributed by atoms with van der Waals surface area (Å²) in [5.41, 5.74) is 6.03. The zero-order chi connectivity index (χ0) is 38.3. The van der Waals surface area contributed by atoms with Gasteiger partial charge in [-0.15, -0.1) is 0 Å². The van der Waals surface area contributed by atoms with Crippen molar-refractivity contribution in [1.29, 1.82) is 0 Å². The predicted octanol–water partition coefficient (Wildman–Crippen LogP) is 16.0. The Kier molecular flexibility index (Phi) is 25.6. The highest BCUT2D eigenvalue weighted by Crippen LogP contribution is 2.31. The van der Waals surface area contributed by atoms with Crippen molar-refractivity contribution in [3.63, 3.8) is 0 Å². The van der Waals surface area contributed by atoms with Gasteiger partial charge in [0.15, 0.2) is 0 Å². The number of nitrogens with zero attached hydrogens (tertiary/aromatic N) is 2. The summed E-state index contributed by atoms with van der Waals surface area (Å²) in [6.45, 7) is 4.58. The van der Waals surface area contributed by atoms with Crippen LogP contribution < -0.4 is 0 Å². The van der Waals surface area contributed by atoms with Gasteiger partial charge in [-0.2, -0.15) is 0 Å². The van der Waals surface area contributed by atoms with Gasteiger partial charge in [-0.05, 0) is 74.2 Å². The van der Waals surface area contributed by atoms with Gasteiger partial charge < -0.3 is 10.2 Å². The maximum atomic E-state index is 10.0. The molecule has 0 radical (unpaired) electrons. The molecule has 0 aliphatic carbocycles. The molecule has 3 rings (SSSR count). The molecule has 4 nitrogen and oxygen atoms in total. The molecule has 0 saturated heterocycles. The Morgan fingerprint density at radius 2 is 0.537 bits per heavy atom. The summed E-state index contributed by atoms with van der Waals surface area (Å²) in [5, 5.41) is 20.1. The van der Waals surface area contributed by atoms with E-state index in [1.165, 1.54) is 180 Å². The number of benzene rings is 2. The van der Waals surface area contributed by atoms with E-state index in [2.05, 4.69) is 13.8 Å². The fraction of sp³-hybridized carbons (Fsp3) is 0.680. The molecule has 4 heteroatoms. The third-order valence-corrected chi connectivity index (χ3v) is 11.4. The number of unbranched alkanes of at least 4 members (excludes halogenated alkanes) is 28. The van der Waals surface area contributed by atoms with Crippen molar-refractivity contribution in [2.45, 2.75) is 219 Å². The Labute approximate surface area is 332 Å². The van der Waals surface area contributed by atoms with Crippen LogP contribution >= 0.6 is 0 Å². The molecule has 54 heavy (non-hydrogen) atoms. The lowest BCUT2D eigenvalue weighted by Crippen LogP contribution is -2.06. The number of aryl methyl sites for hydroxylation is 2. The van der Waals surface area contributed by atoms with E-state index in [9.17, 15) is 10.2 Å². The van der Waals surface area contributed by atoms with Crippen LogP contribution in [-0.4, -0.2) is 20.2 Å². The van der Waals surface area contributed by atoms with Crippen molar-refractivity contribution in [1.82, 2.24) is 9.97 Å². The van der Waals surface area contributed by atoms with E-state index in [0.717, 1.165) is 59.6 Å². The first-order valence-electron chi connectivity index (χ1n) is 23.1. The number of hydrogen-bond acceptors (Lipinski definition) is 4. The highest BCUT2D eigenvalue weighted by Gasteiger charge is 2.17. The largest absolute Gasteiger partial charge is 0.508 e. The van der Waals surface area contributed by atoms with Crippen LogP contribution in [0.3, 0.4) is 0 Å². The van der Waals surface area contributed by atoms with Crippen molar-refractivity contribution in [2.75, 3.05) is 0 Å². The molecular formula is C50H80N2O2. The second kappa shape index (κ2) is 30.4. The van der Waals surface area contributed by atoms with Crippen LogP contribution in [0.1, 0.15) is 218 Å². The summed E-state index contributed by atoms with van der Waals surface area (Å²) < 4.78 is 0. The van der Waals surface area contributed by atoms with E-state index in [-0.39, 0.29) is 11.5 Å². The molecule has 0 saturated carbocycles. The second-order valence-electron chi connectivity index (χ2n) is 16.3. The summed E-state index contributed by atoms with van der Waals surface area (Å²) in [7, 11) is 0. The third kappa shape index (κ3) is 20.2. The molecule has 0 atom stereocenters. The molecule has 0 amide bonds. The predicted molar refractivity (Wildman–Crippen MR) is 233 cm³/mol. The van der Waals surface area contributed by atoms with Gasteiger partial charge in [-0.3, -0.25) is 0 Å². The summed E-state index contributed by atoms with van der Waals surface area (Å²) in [4.78, 5) is 10.7. The average Bonchev–Trinajstić information content (AvgIpc) is 3.18. The van der Waals surface area contributed by atoms with E-state index in [0.29, 0.717) is 0 Å². The number of phenolic OH excluding ortho intramolecular Hbond substituents is 2. The summed E-state index contributed by atoms with van der Waals surface area (Å²) in [6.07, 6.45) is 42.4. The lowest BCUT2D eigenvalue weighted by Gasteiger charge is -2.16. The highest BCUT2D eigenvalue weighted by molar-refractivity contribution is 5.68. The summed E-state index contributed by atoms with van der Waals surface area (Å²) in [6, 6.07) is 15.0. The van der Waals surface area contributed by atoms with E-state index in [1.807, 2.05) is 24.3 Å². The monoisotopic (exact) mass is 741 g/mol. The molecule has 2 N–H and O–H groups in total. The maximum absolute atomic E-state index is 10.0. The first kappa shape index (κ1) is 45.5. The Morgan fingerprint density at radius 1 is 0.315 bits per heavy atom. The van der Waals surface area contributed by atoms with Crippen LogP contribution in [0.5, 0.6) is 11.5 Å². The molecule has 3 aromatic rings. The van der Waals surface area contributed by atoms with Gasteiger partial charge in [0.25, 0.3) is 0 Å². The summed E-state index contributed by atoms with van der Waals surface area (Å²) >= 11 is 0. The van der Waals surface area contributed by atoms with Crippen LogP contribution in [0, 0.1) is 0 Å². The smallest absolute Gasteiger partial charge is 0.115 e.